The molecule has 0 heterocycles. The molecule has 1 spiro atoms. The van der Waals surface area contributed by atoms with E-state index >= 15 is 0 Å². The number of amides is 1. The monoisotopic (exact) mass is 480 g/mol. The number of carbonyl (C=O) groups is 1. The van der Waals surface area contributed by atoms with Gasteiger partial charge in [0.15, 0.2) is 5.96 Å². The Morgan fingerprint density at radius 3 is 2.42 bits per heavy atom. The molecule has 2 fully saturated rings. The van der Waals surface area contributed by atoms with Crippen LogP contribution in [0.4, 0.5) is 0 Å². The number of carbonyl (C=O) groups excluding carboxylic acids is 1. The third-order valence-corrected chi connectivity index (χ3v) is 5.40. The summed E-state index contributed by atoms with van der Waals surface area (Å²) in [6.07, 6.45) is 7.70. The molecule has 0 bridgehead atoms. The zero-order valence-electron chi connectivity index (χ0n) is 17.0. The van der Waals surface area contributed by atoms with Gasteiger partial charge in [-0.15, -0.1) is 24.0 Å². The van der Waals surface area contributed by atoms with Crippen molar-refractivity contribution in [2.75, 3.05) is 20.2 Å². The van der Waals surface area contributed by atoms with Crippen LogP contribution in [0.1, 0.15) is 66.2 Å². The number of hydrogen-bond acceptors (Lipinski definition) is 3. The van der Waals surface area contributed by atoms with E-state index in [4.69, 9.17) is 4.74 Å². The smallest absolute Gasteiger partial charge is 0.239 e. The summed E-state index contributed by atoms with van der Waals surface area (Å²) < 4.78 is 6.01. The molecule has 6 nitrogen and oxygen atoms in total. The standard InChI is InChI=1S/C19H36N4O2.HI/c1-6-25-15-12-14(19(15)10-8-7-9-11-19)22-17(20-5)21-13-16(24)23-18(2,3)4;/h14-15H,6-13H2,1-5H3,(H,23,24)(H2,20,21,22);1H. The molecule has 2 saturated carbocycles. The fourth-order valence-electron chi connectivity index (χ4n) is 4.25. The minimum absolute atomic E-state index is 0. The molecule has 0 aromatic carbocycles. The van der Waals surface area contributed by atoms with Crippen molar-refractivity contribution in [1.82, 2.24) is 16.0 Å². The van der Waals surface area contributed by atoms with Crippen molar-refractivity contribution in [2.24, 2.45) is 10.4 Å². The van der Waals surface area contributed by atoms with Crippen LogP contribution in [-0.4, -0.2) is 49.8 Å². The van der Waals surface area contributed by atoms with E-state index in [0.717, 1.165) is 13.0 Å². The van der Waals surface area contributed by atoms with Gasteiger partial charge in [0.25, 0.3) is 0 Å². The quantitative estimate of drug-likeness (QED) is 0.322. The van der Waals surface area contributed by atoms with E-state index in [1.54, 1.807) is 7.05 Å². The highest BCUT2D eigenvalue weighted by Crippen LogP contribution is 2.53. The molecular formula is C19H37IN4O2. The highest BCUT2D eigenvalue weighted by molar-refractivity contribution is 14.0. The summed E-state index contributed by atoms with van der Waals surface area (Å²) in [5, 5.41) is 9.65. The summed E-state index contributed by atoms with van der Waals surface area (Å²) in [4.78, 5) is 16.3. The zero-order valence-corrected chi connectivity index (χ0v) is 19.3. The van der Waals surface area contributed by atoms with Crippen molar-refractivity contribution in [1.29, 1.82) is 0 Å². The van der Waals surface area contributed by atoms with E-state index < -0.39 is 0 Å². The van der Waals surface area contributed by atoms with Gasteiger partial charge >= 0.3 is 0 Å². The topological polar surface area (TPSA) is 74.8 Å². The summed E-state index contributed by atoms with van der Waals surface area (Å²) in [7, 11) is 1.75. The Labute approximate surface area is 175 Å². The van der Waals surface area contributed by atoms with Crippen LogP contribution >= 0.6 is 24.0 Å². The molecule has 0 aromatic rings. The van der Waals surface area contributed by atoms with E-state index in [-0.39, 0.29) is 47.4 Å². The van der Waals surface area contributed by atoms with Gasteiger partial charge in [-0.05, 0) is 47.0 Å². The molecule has 0 saturated heterocycles. The molecule has 1 amide bonds. The highest BCUT2D eigenvalue weighted by atomic mass is 127. The first-order chi connectivity index (χ1) is 11.8. The van der Waals surface area contributed by atoms with Crippen molar-refractivity contribution in [3.8, 4) is 0 Å². The molecule has 0 aromatic heterocycles. The third kappa shape index (κ3) is 5.97. The van der Waals surface area contributed by atoms with Gasteiger partial charge in [-0.25, -0.2) is 0 Å². The van der Waals surface area contributed by atoms with Gasteiger partial charge in [0.05, 0.1) is 12.6 Å². The first kappa shape index (κ1) is 23.5. The maximum atomic E-state index is 12.0. The number of ether oxygens (including phenoxy) is 1. The summed E-state index contributed by atoms with van der Waals surface area (Å²) in [5.74, 6) is 0.678. The van der Waals surface area contributed by atoms with Crippen LogP contribution in [0.2, 0.25) is 0 Å². The van der Waals surface area contributed by atoms with Gasteiger partial charge in [0.2, 0.25) is 5.91 Å². The van der Waals surface area contributed by atoms with Gasteiger partial charge in [-0.1, -0.05) is 19.3 Å². The molecule has 3 N–H and O–H groups in total. The van der Waals surface area contributed by atoms with Gasteiger partial charge in [-0.2, -0.15) is 0 Å². The van der Waals surface area contributed by atoms with Crippen LogP contribution in [0.5, 0.6) is 0 Å². The van der Waals surface area contributed by atoms with Crippen LogP contribution in [0.15, 0.2) is 4.99 Å². The molecule has 0 radical (unpaired) electrons. The molecule has 0 aliphatic heterocycles. The molecule has 2 unspecified atom stereocenters. The SMILES string of the molecule is CCOC1CC(NC(=NC)NCC(=O)NC(C)(C)C)C12CCCCC2.I. The number of nitrogens with zero attached hydrogens (tertiary/aromatic N) is 1. The van der Waals surface area contributed by atoms with E-state index in [9.17, 15) is 4.79 Å². The van der Waals surface area contributed by atoms with Crippen LogP contribution < -0.4 is 16.0 Å². The molecule has 7 heteroatoms. The molecule has 2 aliphatic rings. The number of rotatable bonds is 5. The van der Waals surface area contributed by atoms with Crippen LogP contribution in [0.3, 0.4) is 0 Å². The maximum Gasteiger partial charge on any atom is 0.239 e. The minimum Gasteiger partial charge on any atom is -0.378 e. The Morgan fingerprint density at radius 1 is 1.23 bits per heavy atom. The second-order valence-corrected chi connectivity index (χ2v) is 8.39. The predicted octanol–water partition coefficient (Wildman–Crippen LogP) is 2.81. The highest BCUT2D eigenvalue weighted by Gasteiger charge is 2.55. The first-order valence-electron chi connectivity index (χ1n) is 9.70. The largest absolute Gasteiger partial charge is 0.378 e. The minimum atomic E-state index is -0.222. The summed E-state index contributed by atoms with van der Waals surface area (Å²) in [5.41, 5.74) is 0.0140. The van der Waals surface area contributed by atoms with Crippen LogP contribution in [0, 0.1) is 5.41 Å². The zero-order chi connectivity index (χ0) is 18.5. The van der Waals surface area contributed by atoms with E-state index in [2.05, 4.69) is 27.9 Å². The second kappa shape index (κ2) is 10.1. The number of nitrogens with one attached hydrogen (secondary N) is 3. The van der Waals surface area contributed by atoms with E-state index in [1.165, 1.54) is 32.1 Å². The van der Waals surface area contributed by atoms with E-state index in [1.807, 2.05) is 20.8 Å². The second-order valence-electron chi connectivity index (χ2n) is 8.39. The lowest BCUT2D eigenvalue weighted by Crippen LogP contribution is -2.66. The van der Waals surface area contributed by atoms with Crippen molar-refractivity contribution >= 4 is 35.8 Å². The van der Waals surface area contributed by atoms with E-state index in [0.29, 0.717) is 18.1 Å². The summed E-state index contributed by atoms with van der Waals surface area (Å²) in [6, 6.07) is 0.376. The third-order valence-electron chi connectivity index (χ3n) is 5.40. The van der Waals surface area contributed by atoms with Gasteiger partial charge in [0, 0.05) is 30.7 Å². The molecular weight excluding hydrogens is 443 g/mol. The van der Waals surface area contributed by atoms with Crippen molar-refractivity contribution in [2.45, 2.75) is 83.9 Å². The molecule has 26 heavy (non-hydrogen) atoms. The van der Waals surface area contributed by atoms with Crippen LogP contribution in [-0.2, 0) is 9.53 Å². The Bertz CT molecular complexity index is 484. The lowest BCUT2D eigenvalue weighted by atomic mass is 9.55. The number of aliphatic imine (C=N–C) groups is 1. The summed E-state index contributed by atoms with van der Waals surface area (Å²) in [6.45, 7) is 9.02. The van der Waals surface area contributed by atoms with Crippen molar-refractivity contribution in [3.63, 3.8) is 0 Å². The lowest BCUT2D eigenvalue weighted by molar-refractivity contribution is -0.145. The molecule has 152 valence electrons. The number of hydrogen-bond donors (Lipinski definition) is 3. The molecule has 2 rings (SSSR count). The first-order valence-corrected chi connectivity index (χ1v) is 9.70. The number of guanidine groups is 1. The van der Waals surface area contributed by atoms with Crippen LogP contribution in [0.25, 0.3) is 0 Å². The molecule has 2 atom stereocenters. The Hall–Kier alpha value is -0.570. The van der Waals surface area contributed by atoms with Gasteiger partial charge < -0.3 is 20.7 Å². The fourth-order valence-corrected chi connectivity index (χ4v) is 4.25. The summed E-state index contributed by atoms with van der Waals surface area (Å²) >= 11 is 0. The number of halogens is 1. The van der Waals surface area contributed by atoms with Crippen molar-refractivity contribution in [3.05, 3.63) is 0 Å². The Morgan fingerprint density at radius 2 is 1.88 bits per heavy atom. The van der Waals surface area contributed by atoms with Gasteiger partial charge in [-0.3, -0.25) is 9.79 Å². The average molecular weight is 480 g/mol. The lowest BCUT2D eigenvalue weighted by Gasteiger charge is -2.57. The van der Waals surface area contributed by atoms with Crippen molar-refractivity contribution < 1.29 is 9.53 Å². The fraction of sp³-hybridized carbons (Fsp3) is 0.895. The average Bonchev–Trinajstić information content (AvgIpc) is 2.56. The normalized spacial score (nSPS) is 25.0. The predicted molar refractivity (Wildman–Crippen MR) is 117 cm³/mol. The Balaban J connectivity index is 0.00000338. The van der Waals surface area contributed by atoms with Gasteiger partial charge in [0.1, 0.15) is 0 Å². The maximum absolute atomic E-state index is 12.0. The molecule has 2 aliphatic carbocycles. The Kier molecular flexibility index (Phi) is 9.12.